The fraction of sp³-hybridized carbons (Fsp3) is 1.00. The zero-order valence-corrected chi connectivity index (χ0v) is 10.7. The van der Waals surface area contributed by atoms with E-state index in [1.165, 1.54) is 0 Å². The summed E-state index contributed by atoms with van der Waals surface area (Å²) in [6.45, 7) is -0.466. The number of hydrogen-bond donors (Lipinski definition) is 0. The Labute approximate surface area is 101 Å². The third kappa shape index (κ3) is 5.60. The van der Waals surface area contributed by atoms with Gasteiger partial charge in [0.1, 0.15) is 6.61 Å². The second-order valence-corrected chi connectivity index (χ2v) is 5.07. The van der Waals surface area contributed by atoms with Crippen LogP contribution in [0.1, 0.15) is 19.8 Å². The minimum atomic E-state index is -5.78. The molecule has 0 aliphatic rings. The third-order valence-electron chi connectivity index (χ3n) is 1.79. The maximum absolute atomic E-state index is 12.5. The van der Waals surface area contributed by atoms with Gasteiger partial charge in [0.25, 0.3) is 0 Å². The van der Waals surface area contributed by atoms with Gasteiger partial charge in [-0.15, -0.1) is 0 Å². The van der Waals surface area contributed by atoms with Crippen molar-refractivity contribution >= 4 is 7.82 Å². The molecular formula is C8H14F5O4P. The molecule has 0 aliphatic carbocycles. The number of unbranched alkanes of at least 4 members (excludes halogenated alkanes) is 1. The van der Waals surface area contributed by atoms with Crippen LogP contribution in [0.5, 0.6) is 0 Å². The molecule has 0 aromatic rings. The molecule has 0 fully saturated rings. The summed E-state index contributed by atoms with van der Waals surface area (Å²) in [6, 6.07) is 0. The van der Waals surface area contributed by atoms with Crippen molar-refractivity contribution in [2.45, 2.75) is 31.9 Å². The van der Waals surface area contributed by atoms with E-state index in [9.17, 15) is 26.5 Å². The second kappa shape index (κ2) is 6.79. The quantitative estimate of drug-likeness (QED) is 0.389. The Hall–Kier alpha value is -0.240. The van der Waals surface area contributed by atoms with Crippen LogP contribution in [0.15, 0.2) is 0 Å². The molecule has 0 heterocycles. The van der Waals surface area contributed by atoms with Crippen molar-refractivity contribution in [2.24, 2.45) is 0 Å². The lowest BCUT2D eigenvalue weighted by Gasteiger charge is -2.22. The van der Waals surface area contributed by atoms with Crippen LogP contribution in [-0.4, -0.2) is 32.4 Å². The Bertz CT molecular complexity index is 294. The van der Waals surface area contributed by atoms with E-state index >= 15 is 0 Å². The highest BCUT2D eigenvalue weighted by Gasteiger charge is 2.58. The molecule has 0 aliphatic heterocycles. The highest BCUT2D eigenvalue weighted by Crippen LogP contribution is 2.50. The number of hydrogen-bond acceptors (Lipinski definition) is 4. The minimum Gasteiger partial charge on any atom is -0.290 e. The van der Waals surface area contributed by atoms with E-state index in [0.29, 0.717) is 12.8 Å². The molecule has 1 atom stereocenters. The molecule has 110 valence electrons. The molecular weight excluding hydrogens is 286 g/mol. The standard InChI is InChI=1S/C8H14F5O4P/c1-3-4-5-16-18(14,15-2)17-6-7(9,10)8(11,12)13/h3-6H2,1-2H3. The van der Waals surface area contributed by atoms with Gasteiger partial charge in [-0.2, -0.15) is 22.0 Å². The summed E-state index contributed by atoms with van der Waals surface area (Å²) in [4.78, 5) is 0. The minimum absolute atomic E-state index is 0.126. The Morgan fingerprint density at radius 3 is 2.06 bits per heavy atom. The van der Waals surface area contributed by atoms with Gasteiger partial charge in [-0.3, -0.25) is 13.6 Å². The largest absolute Gasteiger partial charge is 0.474 e. The lowest BCUT2D eigenvalue weighted by Crippen LogP contribution is -2.40. The summed E-state index contributed by atoms with van der Waals surface area (Å²) >= 11 is 0. The first-order valence-electron chi connectivity index (χ1n) is 4.97. The molecule has 18 heavy (non-hydrogen) atoms. The third-order valence-corrected chi connectivity index (χ3v) is 3.18. The molecule has 0 aromatic heterocycles. The van der Waals surface area contributed by atoms with E-state index in [2.05, 4.69) is 13.6 Å². The molecule has 0 aromatic carbocycles. The van der Waals surface area contributed by atoms with E-state index in [-0.39, 0.29) is 6.61 Å². The van der Waals surface area contributed by atoms with Crippen LogP contribution in [0.3, 0.4) is 0 Å². The van der Waals surface area contributed by atoms with Crippen molar-refractivity contribution < 1.29 is 40.1 Å². The fourth-order valence-electron chi connectivity index (χ4n) is 0.705. The zero-order valence-electron chi connectivity index (χ0n) is 9.80. The number of phosphoric ester groups is 1. The normalized spacial score (nSPS) is 16.6. The number of halogens is 5. The molecule has 0 bridgehead atoms. The predicted molar refractivity (Wildman–Crippen MR) is 52.4 cm³/mol. The van der Waals surface area contributed by atoms with Crippen LogP contribution in [0.2, 0.25) is 0 Å². The van der Waals surface area contributed by atoms with E-state index in [1.807, 2.05) is 0 Å². The number of rotatable bonds is 8. The summed E-state index contributed by atoms with van der Waals surface area (Å²) in [5.41, 5.74) is 0. The van der Waals surface area contributed by atoms with E-state index in [4.69, 9.17) is 0 Å². The summed E-state index contributed by atoms with van der Waals surface area (Å²) in [6.07, 6.45) is -4.69. The highest BCUT2D eigenvalue weighted by molar-refractivity contribution is 7.48. The monoisotopic (exact) mass is 300 g/mol. The molecule has 0 saturated carbocycles. The van der Waals surface area contributed by atoms with Crippen LogP contribution < -0.4 is 0 Å². The maximum Gasteiger partial charge on any atom is 0.474 e. The van der Waals surface area contributed by atoms with Crippen molar-refractivity contribution in [3.8, 4) is 0 Å². The lowest BCUT2D eigenvalue weighted by molar-refractivity contribution is -0.291. The Balaban J connectivity index is 4.42. The first-order valence-corrected chi connectivity index (χ1v) is 6.43. The van der Waals surface area contributed by atoms with E-state index in [1.54, 1.807) is 6.92 Å². The van der Waals surface area contributed by atoms with Crippen LogP contribution in [0, 0.1) is 0 Å². The van der Waals surface area contributed by atoms with Gasteiger partial charge in [0, 0.05) is 7.11 Å². The molecule has 10 heteroatoms. The van der Waals surface area contributed by atoms with Gasteiger partial charge in [0.2, 0.25) is 0 Å². The van der Waals surface area contributed by atoms with Gasteiger partial charge in [0.05, 0.1) is 6.61 Å². The highest BCUT2D eigenvalue weighted by atomic mass is 31.2. The summed E-state index contributed by atoms with van der Waals surface area (Å²) in [5.74, 6) is -5.12. The summed E-state index contributed by atoms with van der Waals surface area (Å²) in [5, 5.41) is 0. The van der Waals surface area contributed by atoms with Crippen LogP contribution in [0.4, 0.5) is 22.0 Å². The van der Waals surface area contributed by atoms with Crippen molar-refractivity contribution in [1.29, 1.82) is 0 Å². The smallest absolute Gasteiger partial charge is 0.290 e. The summed E-state index contributed by atoms with van der Waals surface area (Å²) in [7, 11) is -3.54. The predicted octanol–water partition coefficient (Wildman–Crippen LogP) is 3.77. The Morgan fingerprint density at radius 2 is 1.67 bits per heavy atom. The fourth-order valence-corrected chi connectivity index (χ4v) is 1.66. The topological polar surface area (TPSA) is 44.8 Å². The number of alkyl halides is 5. The van der Waals surface area contributed by atoms with Gasteiger partial charge < -0.3 is 0 Å². The molecule has 4 nitrogen and oxygen atoms in total. The van der Waals surface area contributed by atoms with Gasteiger partial charge in [0.15, 0.2) is 0 Å². The number of phosphoric acid groups is 1. The van der Waals surface area contributed by atoms with Gasteiger partial charge in [-0.05, 0) is 6.42 Å². The Kier molecular flexibility index (Phi) is 6.70. The maximum atomic E-state index is 12.5. The average molecular weight is 300 g/mol. The SMILES string of the molecule is CCCCOP(=O)(OC)OCC(F)(F)C(F)(F)F. The molecule has 0 rings (SSSR count). The molecule has 0 radical (unpaired) electrons. The first kappa shape index (κ1) is 17.8. The van der Waals surface area contributed by atoms with Crippen LogP contribution in [-0.2, 0) is 18.1 Å². The first-order chi connectivity index (χ1) is 8.08. The van der Waals surface area contributed by atoms with Gasteiger partial charge in [-0.1, -0.05) is 13.3 Å². The average Bonchev–Trinajstić information content (AvgIpc) is 2.25. The molecule has 0 spiro atoms. The van der Waals surface area contributed by atoms with E-state index in [0.717, 1.165) is 7.11 Å². The van der Waals surface area contributed by atoms with Crippen molar-refractivity contribution in [3.05, 3.63) is 0 Å². The molecule has 0 N–H and O–H groups in total. The lowest BCUT2D eigenvalue weighted by atomic mass is 10.3. The zero-order chi connectivity index (χ0) is 14.4. The van der Waals surface area contributed by atoms with Gasteiger partial charge >= 0.3 is 19.9 Å². The van der Waals surface area contributed by atoms with Crippen LogP contribution in [0.25, 0.3) is 0 Å². The van der Waals surface area contributed by atoms with E-state index < -0.39 is 26.5 Å². The molecule has 0 amide bonds. The molecule has 1 unspecified atom stereocenters. The summed E-state index contributed by atoms with van der Waals surface area (Å²) < 4.78 is 84.6. The van der Waals surface area contributed by atoms with Crippen molar-refractivity contribution in [1.82, 2.24) is 0 Å². The Morgan fingerprint density at radius 1 is 1.11 bits per heavy atom. The van der Waals surface area contributed by atoms with Crippen molar-refractivity contribution in [3.63, 3.8) is 0 Å². The molecule has 0 saturated heterocycles. The van der Waals surface area contributed by atoms with Crippen LogP contribution >= 0.6 is 7.82 Å². The van der Waals surface area contributed by atoms with Crippen molar-refractivity contribution in [2.75, 3.05) is 20.3 Å². The van der Waals surface area contributed by atoms with Gasteiger partial charge in [-0.25, -0.2) is 4.57 Å². The second-order valence-electron chi connectivity index (χ2n) is 3.29.